The lowest BCUT2D eigenvalue weighted by Gasteiger charge is -2.38. The van der Waals surface area contributed by atoms with Gasteiger partial charge in [0, 0.05) is 23.8 Å². The summed E-state index contributed by atoms with van der Waals surface area (Å²) in [6.07, 6.45) is 1.21. The van der Waals surface area contributed by atoms with Gasteiger partial charge in [-0.25, -0.2) is 4.99 Å². The summed E-state index contributed by atoms with van der Waals surface area (Å²) < 4.78 is 0. The molecule has 2 aliphatic rings. The van der Waals surface area contributed by atoms with E-state index in [1.165, 1.54) is 0 Å². The zero-order valence-corrected chi connectivity index (χ0v) is 15.2. The van der Waals surface area contributed by atoms with E-state index in [1.54, 1.807) is 24.3 Å². The minimum Gasteiger partial charge on any atom is -0.342 e. The smallest absolute Gasteiger partial charge is 0.249 e. The molecule has 2 N–H and O–H groups in total. The zero-order valence-electron chi connectivity index (χ0n) is 14.5. The van der Waals surface area contributed by atoms with Gasteiger partial charge in [-0.15, -0.1) is 0 Å². The van der Waals surface area contributed by atoms with Gasteiger partial charge in [-0.3, -0.25) is 14.9 Å². The van der Waals surface area contributed by atoms with E-state index in [2.05, 4.69) is 34.4 Å². The third-order valence-corrected chi connectivity index (χ3v) is 4.71. The Kier molecular flexibility index (Phi) is 5.27. The monoisotopic (exact) mass is 362 g/mol. The third-order valence-electron chi connectivity index (χ3n) is 4.47. The molecule has 6 nitrogen and oxygen atoms in total. The molecule has 0 aliphatic carbocycles. The molecule has 25 heavy (non-hydrogen) atoms. The van der Waals surface area contributed by atoms with Gasteiger partial charge in [0.05, 0.1) is 6.42 Å². The summed E-state index contributed by atoms with van der Waals surface area (Å²) in [5, 5.41) is 6.15. The van der Waals surface area contributed by atoms with E-state index in [9.17, 15) is 9.59 Å². The Labute approximate surface area is 152 Å². The molecule has 0 saturated carbocycles. The number of hydrogen-bond acceptors (Lipinski definition) is 4. The molecule has 3 atom stereocenters. The second-order valence-corrected chi connectivity index (χ2v) is 7.51. The Morgan fingerprint density at radius 2 is 2.04 bits per heavy atom. The largest absolute Gasteiger partial charge is 0.342 e. The molecule has 1 fully saturated rings. The number of carbonyl (C=O) groups excluding carboxylic acids is 2. The van der Waals surface area contributed by atoms with Crippen LogP contribution in [-0.4, -0.2) is 41.8 Å². The van der Waals surface area contributed by atoms with Crippen molar-refractivity contribution >= 4 is 35.1 Å². The lowest BCUT2D eigenvalue weighted by Crippen LogP contribution is -2.54. The molecule has 0 bridgehead atoms. The molecule has 3 rings (SSSR count). The van der Waals surface area contributed by atoms with Crippen LogP contribution in [0, 0.1) is 11.8 Å². The van der Waals surface area contributed by atoms with E-state index in [4.69, 9.17) is 11.6 Å². The number of carbonyl (C=O) groups is 2. The Morgan fingerprint density at radius 1 is 1.32 bits per heavy atom. The Bertz CT molecular complexity index is 696. The summed E-state index contributed by atoms with van der Waals surface area (Å²) in [7, 11) is 0. The number of guanidine groups is 1. The van der Waals surface area contributed by atoms with Crippen molar-refractivity contribution in [3.05, 3.63) is 29.3 Å². The van der Waals surface area contributed by atoms with Crippen molar-refractivity contribution in [1.29, 1.82) is 0 Å². The number of likely N-dealkylation sites (tertiary alicyclic amines) is 1. The van der Waals surface area contributed by atoms with Gasteiger partial charge in [-0.2, -0.15) is 0 Å². The van der Waals surface area contributed by atoms with Gasteiger partial charge in [0.25, 0.3) is 0 Å². The zero-order chi connectivity index (χ0) is 18.0. The SMILES string of the molecule is C[C@@H]1C[C@@H](C)CN(C2=N[C@@H](C(=O)Nc3cccc(Cl)c3)CC(=O)N2)C1. The fourth-order valence-corrected chi connectivity index (χ4v) is 3.71. The number of halogens is 1. The van der Waals surface area contributed by atoms with Gasteiger partial charge < -0.3 is 10.2 Å². The van der Waals surface area contributed by atoms with Crippen molar-refractivity contribution in [2.24, 2.45) is 16.8 Å². The topological polar surface area (TPSA) is 73.8 Å². The predicted molar refractivity (Wildman–Crippen MR) is 98.6 cm³/mol. The van der Waals surface area contributed by atoms with Gasteiger partial charge in [-0.1, -0.05) is 31.5 Å². The minimum atomic E-state index is -0.727. The summed E-state index contributed by atoms with van der Waals surface area (Å²) in [4.78, 5) is 31.2. The molecule has 2 heterocycles. The standard InChI is InChI=1S/C18H23ClN4O2/c1-11-6-12(2)10-23(9-11)18-21-15(8-16(24)22-18)17(25)20-14-5-3-4-13(19)7-14/h3-5,7,11-12,15H,6,8-10H2,1-2H3,(H,20,25)(H,21,22,24)/t11-,12-,15-/m1/s1. The molecular formula is C18H23ClN4O2. The second-order valence-electron chi connectivity index (χ2n) is 7.07. The van der Waals surface area contributed by atoms with E-state index in [0.29, 0.717) is 28.5 Å². The third kappa shape index (κ3) is 4.51. The highest BCUT2D eigenvalue weighted by molar-refractivity contribution is 6.30. The first-order valence-corrected chi connectivity index (χ1v) is 8.97. The molecule has 2 aliphatic heterocycles. The molecule has 7 heteroatoms. The number of anilines is 1. The molecule has 134 valence electrons. The van der Waals surface area contributed by atoms with Crippen molar-refractivity contribution in [2.45, 2.75) is 32.7 Å². The van der Waals surface area contributed by atoms with Crippen LogP contribution < -0.4 is 10.6 Å². The van der Waals surface area contributed by atoms with Gasteiger partial charge in [-0.05, 0) is 36.5 Å². The van der Waals surface area contributed by atoms with E-state index < -0.39 is 6.04 Å². The highest BCUT2D eigenvalue weighted by Crippen LogP contribution is 2.22. The molecule has 0 spiro atoms. The highest BCUT2D eigenvalue weighted by Gasteiger charge is 2.32. The Balaban J connectivity index is 1.74. The molecule has 1 saturated heterocycles. The van der Waals surface area contributed by atoms with Crippen LogP contribution in [0.2, 0.25) is 5.02 Å². The number of nitrogens with zero attached hydrogens (tertiary/aromatic N) is 2. The molecule has 1 aromatic rings. The quantitative estimate of drug-likeness (QED) is 0.848. The van der Waals surface area contributed by atoms with Crippen molar-refractivity contribution in [3.63, 3.8) is 0 Å². The highest BCUT2D eigenvalue weighted by atomic mass is 35.5. The number of hydrogen-bond donors (Lipinski definition) is 2. The molecule has 2 amide bonds. The number of piperidine rings is 1. The first-order valence-electron chi connectivity index (χ1n) is 8.59. The van der Waals surface area contributed by atoms with Crippen molar-refractivity contribution in [3.8, 4) is 0 Å². The van der Waals surface area contributed by atoms with Crippen LogP contribution in [-0.2, 0) is 9.59 Å². The van der Waals surface area contributed by atoms with Gasteiger partial charge >= 0.3 is 0 Å². The summed E-state index contributed by atoms with van der Waals surface area (Å²) in [5.41, 5.74) is 0.598. The fraction of sp³-hybridized carbons (Fsp3) is 0.500. The number of benzene rings is 1. The lowest BCUT2D eigenvalue weighted by atomic mass is 9.92. The van der Waals surface area contributed by atoms with Crippen molar-refractivity contribution in [1.82, 2.24) is 10.2 Å². The first-order chi connectivity index (χ1) is 11.9. The van der Waals surface area contributed by atoms with Crippen LogP contribution in [0.25, 0.3) is 0 Å². The summed E-state index contributed by atoms with van der Waals surface area (Å²) in [5.74, 6) is 1.10. The maximum Gasteiger partial charge on any atom is 0.249 e. The molecule has 0 aromatic heterocycles. The number of rotatable bonds is 2. The Morgan fingerprint density at radius 3 is 2.72 bits per heavy atom. The van der Waals surface area contributed by atoms with Gasteiger partial charge in [0.1, 0.15) is 6.04 Å². The fourth-order valence-electron chi connectivity index (χ4n) is 3.52. The second kappa shape index (κ2) is 7.44. The van der Waals surface area contributed by atoms with Crippen LogP contribution in [0.4, 0.5) is 5.69 Å². The molecule has 0 unspecified atom stereocenters. The Hall–Kier alpha value is -2.08. The van der Waals surface area contributed by atoms with Crippen molar-refractivity contribution < 1.29 is 9.59 Å². The lowest BCUT2D eigenvalue weighted by molar-refractivity contribution is -0.125. The van der Waals surface area contributed by atoms with E-state index in [1.807, 2.05) is 0 Å². The van der Waals surface area contributed by atoms with E-state index in [-0.39, 0.29) is 18.2 Å². The van der Waals surface area contributed by atoms with E-state index in [0.717, 1.165) is 19.5 Å². The minimum absolute atomic E-state index is 0.0504. The first kappa shape index (κ1) is 17.7. The predicted octanol–water partition coefficient (Wildman–Crippen LogP) is 2.50. The molecule has 1 aromatic carbocycles. The van der Waals surface area contributed by atoms with Crippen LogP contribution >= 0.6 is 11.6 Å². The summed E-state index contributed by atoms with van der Waals surface area (Å²) in [6.45, 7) is 6.06. The van der Waals surface area contributed by atoms with Gasteiger partial charge in [0.2, 0.25) is 17.8 Å². The summed E-state index contributed by atoms with van der Waals surface area (Å²) >= 11 is 5.94. The van der Waals surface area contributed by atoms with Crippen LogP contribution in [0.5, 0.6) is 0 Å². The van der Waals surface area contributed by atoms with Gasteiger partial charge in [0.15, 0.2) is 0 Å². The maximum atomic E-state index is 12.5. The average molecular weight is 363 g/mol. The van der Waals surface area contributed by atoms with Crippen LogP contribution in [0.15, 0.2) is 29.3 Å². The number of aliphatic imine (C=N–C) groups is 1. The van der Waals surface area contributed by atoms with Crippen LogP contribution in [0.1, 0.15) is 26.7 Å². The maximum absolute atomic E-state index is 12.5. The molecule has 0 radical (unpaired) electrons. The normalized spacial score (nSPS) is 26.7. The van der Waals surface area contributed by atoms with Crippen molar-refractivity contribution in [2.75, 3.05) is 18.4 Å². The molecular weight excluding hydrogens is 340 g/mol. The van der Waals surface area contributed by atoms with E-state index >= 15 is 0 Å². The number of amides is 2. The summed E-state index contributed by atoms with van der Waals surface area (Å²) in [6, 6.07) is 6.19. The number of nitrogens with one attached hydrogen (secondary N) is 2. The average Bonchev–Trinajstić information content (AvgIpc) is 2.53. The van der Waals surface area contributed by atoms with Crippen LogP contribution in [0.3, 0.4) is 0 Å².